The van der Waals surface area contributed by atoms with Crippen LogP contribution in [0.15, 0.2) is 30.3 Å². The molecular formula is C11H12NO. The van der Waals surface area contributed by atoms with E-state index >= 15 is 0 Å². The first kappa shape index (κ1) is 8.30. The van der Waals surface area contributed by atoms with Gasteiger partial charge in [0.05, 0.1) is 0 Å². The van der Waals surface area contributed by atoms with Gasteiger partial charge in [0, 0.05) is 19.0 Å². The minimum Gasteiger partial charge on any atom is -0.334 e. The topological polar surface area (TPSA) is 20.3 Å². The van der Waals surface area contributed by atoms with Gasteiger partial charge in [-0.25, -0.2) is 0 Å². The van der Waals surface area contributed by atoms with E-state index in [9.17, 15) is 4.79 Å². The summed E-state index contributed by atoms with van der Waals surface area (Å²) in [5.41, 5.74) is 1.33. The second kappa shape index (κ2) is 3.60. The van der Waals surface area contributed by atoms with Crippen molar-refractivity contribution in [3.05, 3.63) is 35.9 Å². The number of benzene rings is 1. The van der Waals surface area contributed by atoms with Gasteiger partial charge in [0.2, 0.25) is 0 Å². The van der Waals surface area contributed by atoms with Crippen LogP contribution in [0.3, 0.4) is 0 Å². The summed E-state index contributed by atoms with van der Waals surface area (Å²) in [4.78, 5) is 12.1. The SMILES string of the molecule is O=[C]N1CCC(c2ccccc2)C1. The third-order valence-corrected chi connectivity index (χ3v) is 2.59. The van der Waals surface area contributed by atoms with Gasteiger partial charge in [-0.2, -0.15) is 0 Å². The minimum atomic E-state index is 0.516. The maximum Gasteiger partial charge on any atom is 0.312 e. The van der Waals surface area contributed by atoms with Crippen LogP contribution in [0.25, 0.3) is 0 Å². The molecule has 1 atom stereocenters. The standard InChI is InChI=1S/C11H12NO/c13-9-12-7-6-11(8-12)10-4-2-1-3-5-10/h1-5,11H,6-8H2. The molecule has 1 aromatic rings. The van der Waals surface area contributed by atoms with Crippen molar-refractivity contribution >= 4 is 6.41 Å². The van der Waals surface area contributed by atoms with E-state index < -0.39 is 0 Å². The fourth-order valence-electron chi connectivity index (χ4n) is 1.84. The number of hydrogen-bond acceptors (Lipinski definition) is 1. The third kappa shape index (κ3) is 1.72. The molecule has 2 nitrogen and oxygen atoms in total. The largest absolute Gasteiger partial charge is 0.334 e. The Bertz CT molecular complexity index is 283. The molecule has 0 saturated carbocycles. The first-order valence-electron chi connectivity index (χ1n) is 4.58. The summed E-state index contributed by atoms with van der Waals surface area (Å²) in [6, 6.07) is 10.4. The molecule has 0 aromatic heterocycles. The maximum absolute atomic E-state index is 10.4. The fourth-order valence-corrected chi connectivity index (χ4v) is 1.84. The fraction of sp³-hybridized carbons (Fsp3) is 0.364. The molecule has 13 heavy (non-hydrogen) atoms. The van der Waals surface area contributed by atoms with Gasteiger partial charge in [0.1, 0.15) is 0 Å². The van der Waals surface area contributed by atoms with Crippen LogP contribution >= 0.6 is 0 Å². The molecule has 1 aromatic carbocycles. The molecule has 1 fully saturated rings. The molecule has 0 N–H and O–H groups in total. The van der Waals surface area contributed by atoms with E-state index in [0.29, 0.717) is 5.92 Å². The Morgan fingerprint density at radius 3 is 2.69 bits per heavy atom. The van der Waals surface area contributed by atoms with Crippen molar-refractivity contribution in [3.63, 3.8) is 0 Å². The Hall–Kier alpha value is -1.31. The number of nitrogens with zero attached hydrogens (tertiary/aromatic N) is 1. The molecule has 1 unspecified atom stereocenters. The molecule has 1 aliphatic rings. The minimum absolute atomic E-state index is 0.516. The van der Waals surface area contributed by atoms with Gasteiger partial charge in [-0.15, -0.1) is 0 Å². The lowest BCUT2D eigenvalue weighted by Crippen LogP contribution is -2.17. The van der Waals surface area contributed by atoms with E-state index in [1.807, 2.05) is 24.6 Å². The molecule has 67 valence electrons. The van der Waals surface area contributed by atoms with Crippen molar-refractivity contribution in [1.29, 1.82) is 0 Å². The van der Waals surface area contributed by atoms with Gasteiger partial charge in [0.15, 0.2) is 0 Å². The highest BCUT2D eigenvalue weighted by molar-refractivity contribution is 5.49. The van der Waals surface area contributed by atoms with Gasteiger partial charge in [0.25, 0.3) is 0 Å². The molecule has 1 aliphatic heterocycles. The lowest BCUT2D eigenvalue weighted by Gasteiger charge is -2.09. The predicted octanol–water partition coefficient (Wildman–Crippen LogP) is 1.54. The smallest absolute Gasteiger partial charge is 0.312 e. The van der Waals surface area contributed by atoms with Gasteiger partial charge >= 0.3 is 6.41 Å². The Kier molecular flexibility index (Phi) is 2.30. The van der Waals surface area contributed by atoms with Crippen LogP contribution in [0.4, 0.5) is 0 Å². The highest BCUT2D eigenvalue weighted by atomic mass is 16.1. The van der Waals surface area contributed by atoms with E-state index in [2.05, 4.69) is 12.1 Å². The number of carbonyl (C=O) groups excluding carboxylic acids is 1. The van der Waals surface area contributed by atoms with Crippen LogP contribution in [0.5, 0.6) is 0 Å². The first-order valence-corrected chi connectivity index (χ1v) is 4.58. The van der Waals surface area contributed by atoms with Gasteiger partial charge in [-0.3, -0.25) is 4.79 Å². The number of amides is 1. The van der Waals surface area contributed by atoms with Crippen LogP contribution in [0.1, 0.15) is 17.9 Å². The van der Waals surface area contributed by atoms with Crippen LogP contribution in [-0.4, -0.2) is 24.4 Å². The highest BCUT2D eigenvalue weighted by Gasteiger charge is 2.22. The summed E-state index contributed by atoms with van der Waals surface area (Å²) in [7, 11) is 0. The quantitative estimate of drug-likeness (QED) is 0.666. The van der Waals surface area contributed by atoms with Crippen molar-refractivity contribution in [2.24, 2.45) is 0 Å². The first-order chi connectivity index (χ1) is 6.40. The van der Waals surface area contributed by atoms with Gasteiger partial charge < -0.3 is 4.90 Å². The second-order valence-corrected chi connectivity index (χ2v) is 3.43. The molecule has 1 saturated heterocycles. The monoisotopic (exact) mass is 174 g/mol. The Morgan fingerprint density at radius 1 is 1.31 bits per heavy atom. The average Bonchev–Trinajstić information content (AvgIpc) is 2.67. The Morgan fingerprint density at radius 2 is 2.08 bits per heavy atom. The van der Waals surface area contributed by atoms with Crippen molar-refractivity contribution in [2.45, 2.75) is 12.3 Å². The van der Waals surface area contributed by atoms with E-state index in [0.717, 1.165) is 19.5 Å². The predicted molar refractivity (Wildman–Crippen MR) is 51.1 cm³/mol. The van der Waals surface area contributed by atoms with Crippen molar-refractivity contribution in [3.8, 4) is 0 Å². The van der Waals surface area contributed by atoms with Gasteiger partial charge in [-0.1, -0.05) is 30.3 Å². The van der Waals surface area contributed by atoms with Crippen LogP contribution in [0.2, 0.25) is 0 Å². The average molecular weight is 174 g/mol. The zero-order valence-electron chi connectivity index (χ0n) is 7.44. The molecular weight excluding hydrogens is 162 g/mol. The molecule has 1 radical (unpaired) electrons. The molecule has 2 rings (SSSR count). The highest BCUT2D eigenvalue weighted by Crippen LogP contribution is 2.25. The van der Waals surface area contributed by atoms with E-state index in [-0.39, 0.29) is 0 Å². The molecule has 0 bridgehead atoms. The summed E-state index contributed by atoms with van der Waals surface area (Å²) in [5, 5.41) is 0. The van der Waals surface area contributed by atoms with Gasteiger partial charge in [-0.05, 0) is 12.0 Å². The molecule has 1 heterocycles. The van der Waals surface area contributed by atoms with Crippen LogP contribution < -0.4 is 0 Å². The normalized spacial score (nSPS) is 21.8. The number of rotatable bonds is 2. The summed E-state index contributed by atoms with van der Waals surface area (Å²) >= 11 is 0. The van der Waals surface area contributed by atoms with Crippen LogP contribution in [-0.2, 0) is 4.79 Å². The zero-order valence-corrected chi connectivity index (χ0v) is 7.44. The lowest BCUT2D eigenvalue weighted by molar-refractivity contribution is 0.436. The number of likely N-dealkylation sites (tertiary alicyclic amines) is 1. The second-order valence-electron chi connectivity index (χ2n) is 3.43. The lowest BCUT2D eigenvalue weighted by atomic mass is 9.99. The molecule has 0 spiro atoms. The molecule has 0 aliphatic carbocycles. The molecule has 2 heteroatoms. The van der Waals surface area contributed by atoms with E-state index in [1.165, 1.54) is 5.56 Å². The molecule has 1 amide bonds. The van der Waals surface area contributed by atoms with Crippen molar-refractivity contribution < 1.29 is 4.79 Å². The van der Waals surface area contributed by atoms with E-state index in [4.69, 9.17) is 0 Å². The van der Waals surface area contributed by atoms with E-state index in [1.54, 1.807) is 4.90 Å². The van der Waals surface area contributed by atoms with Crippen LogP contribution in [0, 0.1) is 0 Å². The zero-order chi connectivity index (χ0) is 9.10. The summed E-state index contributed by atoms with van der Waals surface area (Å²) in [6.45, 7) is 1.68. The Labute approximate surface area is 78.2 Å². The van der Waals surface area contributed by atoms with Crippen molar-refractivity contribution in [1.82, 2.24) is 4.90 Å². The Balaban J connectivity index is 2.08. The summed E-state index contributed by atoms with van der Waals surface area (Å²) < 4.78 is 0. The summed E-state index contributed by atoms with van der Waals surface area (Å²) in [5.74, 6) is 0.516. The summed E-state index contributed by atoms with van der Waals surface area (Å²) in [6.07, 6.45) is 3.02. The number of hydrogen-bond donors (Lipinski definition) is 0. The maximum atomic E-state index is 10.4. The third-order valence-electron chi connectivity index (χ3n) is 2.59. The van der Waals surface area contributed by atoms with Crippen molar-refractivity contribution in [2.75, 3.05) is 13.1 Å².